The van der Waals surface area contributed by atoms with Crippen molar-refractivity contribution in [1.82, 2.24) is 14.8 Å². The minimum absolute atomic E-state index is 0.371. The molecule has 0 atom stereocenters. The molecule has 0 saturated carbocycles. The lowest BCUT2D eigenvalue weighted by Crippen LogP contribution is -2.36. The molecule has 0 N–H and O–H groups in total. The highest BCUT2D eigenvalue weighted by Gasteiger charge is 2.24. The minimum Gasteiger partial charge on any atom is -0.443 e. The Balaban J connectivity index is 2.31. The van der Waals surface area contributed by atoms with Gasteiger partial charge in [-0.2, -0.15) is 5.10 Å². The summed E-state index contributed by atoms with van der Waals surface area (Å²) in [4.78, 5) is 18.0. The summed E-state index contributed by atoms with van der Waals surface area (Å²) in [5, 5.41) is 4.46. The summed E-state index contributed by atoms with van der Waals surface area (Å²) >= 11 is 0. The van der Waals surface area contributed by atoms with Gasteiger partial charge < -0.3 is 4.74 Å². The van der Waals surface area contributed by atoms with Crippen LogP contribution in [0.1, 0.15) is 33.4 Å². The third-order valence-corrected chi connectivity index (χ3v) is 3.00. The smallest absolute Gasteiger partial charge is 0.414 e. The molecular weight excluding hydrogens is 280 g/mol. The molecule has 0 unspecified atom stereocenters. The Morgan fingerprint density at radius 1 is 1.41 bits per heavy atom. The molecule has 6 heteroatoms. The average molecular weight is 302 g/mol. The van der Waals surface area contributed by atoms with Crippen LogP contribution in [0.5, 0.6) is 0 Å². The minimum atomic E-state index is -0.530. The first-order valence-corrected chi connectivity index (χ1v) is 7.29. The zero-order chi connectivity index (χ0) is 16.3. The van der Waals surface area contributed by atoms with E-state index in [0.717, 1.165) is 17.1 Å². The molecule has 2 aromatic rings. The van der Waals surface area contributed by atoms with Crippen molar-refractivity contribution in [1.29, 1.82) is 0 Å². The number of pyridine rings is 1. The summed E-state index contributed by atoms with van der Waals surface area (Å²) in [5.41, 5.74) is 1.81. The number of carbonyl (C=O) groups excluding carboxylic acids is 1. The predicted molar refractivity (Wildman–Crippen MR) is 85.4 cm³/mol. The second-order valence-electron chi connectivity index (χ2n) is 5.98. The first-order valence-electron chi connectivity index (χ1n) is 7.29. The van der Waals surface area contributed by atoms with Gasteiger partial charge in [-0.15, -0.1) is 0 Å². The van der Waals surface area contributed by atoms with Crippen molar-refractivity contribution in [3.8, 4) is 5.69 Å². The molecule has 2 rings (SSSR count). The molecule has 1 amide bonds. The monoisotopic (exact) mass is 302 g/mol. The third-order valence-electron chi connectivity index (χ3n) is 3.00. The van der Waals surface area contributed by atoms with Crippen molar-refractivity contribution >= 4 is 11.8 Å². The molecular formula is C16H22N4O2. The Morgan fingerprint density at radius 3 is 2.68 bits per heavy atom. The lowest BCUT2D eigenvalue weighted by Gasteiger charge is -2.26. The van der Waals surface area contributed by atoms with Gasteiger partial charge in [0.1, 0.15) is 5.60 Å². The Bertz CT molecular complexity index is 644. The summed E-state index contributed by atoms with van der Waals surface area (Å²) in [5.74, 6) is 0. The molecule has 6 nitrogen and oxygen atoms in total. The number of anilines is 1. The zero-order valence-electron chi connectivity index (χ0n) is 13.7. The van der Waals surface area contributed by atoms with Crippen LogP contribution in [0.4, 0.5) is 10.5 Å². The maximum absolute atomic E-state index is 12.3. The first-order chi connectivity index (χ1) is 10.3. The molecule has 0 spiro atoms. The van der Waals surface area contributed by atoms with Gasteiger partial charge in [-0.1, -0.05) is 0 Å². The summed E-state index contributed by atoms with van der Waals surface area (Å²) in [6.45, 7) is 9.84. The number of hydrogen-bond acceptors (Lipinski definition) is 4. The molecule has 0 aliphatic heterocycles. The van der Waals surface area contributed by atoms with Crippen molar-refractivity contribution in [2.45, 2.75) is 40.2 Å². The molecule has 2 heterocycles. The van der Waals surface area contributed by atoms with E-state index in [1.54, 1.807) is 22.0 Å². The van der Waals surface area contributed by atoms with E-state index in [-0.39, 0.29) is 6.09 Å². The van der Waals surface area contributed by atoms with Gasteiger partial charge in [0, 0.05) is 12.7 Å². The number of amides is 1. The fourth-order valence-electron chi connectivity index (χ4n) is 2.05. The van der Waals surface area contributed by atoms with Crippen LogP contribution in [0.15, 0.2) is 30.7 Å². The fraction of sp³-hybridized carbons (Fsp3) is 0.438. The van der Waals surface area contributed by atoms with E-state index in [2.05, 4.69) is 10.1 Å². The van der Waals surface area contributed by atoms with Crippen LogP contribution in [0.3, 0.4) is 0 Å². The van der Waals surface area contributed by atoms with Crippen molar-refractivity contribution in [3.05, 3.63) is 36.4 Å². The summed E-state index contributed by atoms with van der Waals surface area (Å²) in [6.07, 6.45) is 4.88. The SMILES string of the molecule is CCN(C(=O)OC(C)(C)C)c1cn(-c2cccnc2)nc1C. The number of carbonyl (C=O) groups is 1. The van der Waals surface area contributed by atoms with Crippen LogP contribution in [-0.4, -0.2) is 33.0 Å². The topological polar surface area (TPSA) is 60.2 Å². The van der Waals surface area contributed by atoms with Crippen LogP contribution < -0.4 is 4.90 Å². The number of hydrogen-bond donors (Lipinski definition) is 0. The Labute approximate surface area is 130 Å². The van der Waals surface area contributed by atoms with Crippen LogP contribution in [0.25, 0.3) is 5.69 Å². The quantitative estimate of drug-likeness (QED) is 0.872. The van der Waals surface area contributed by atoms with Crippen LogP contribution in [-0.2, 0) is 4.74 Å². The normalized spacial score (nSPS) is 11.3. The maximum Gasteiger partial charge on any atom is 0.414 e. The molecule has 22 heavy (non-hydrogen) atoms. The molecule has 0 aliphatic rings. The second kappa shape index (κ2) is 6.17. The number of aryl methyl sites for hydroxylation is 1. The predicted octanol–water partition coefficient (Wildman–Crippen LogP) is 3.34. The molecule has 0 fully saturated rings. The summed E-state index contributed by atoms with van der Waals surface area (Å²) in [6, 6.07) is 3.75. The van der Waals surface area contributed by atoms with Gasteiger partial charge in [0.05, 0.1) is 29.5 Å². The van der Waals surface area contributed by atoms with Gasteiger partial charge >= 0.3 is 6.09 Å². The number of nitrogens with zero attached hydrogens (tertiary/aromatic N) is 4. The highest BCUT2D eigenvalue weighted by atomic mass is 16.6. The van der Waals surface area contributed by atoms with E-state index in [1.165, 1.54) is 0 Å². The Morgan fingerprint density at radius 2 is 2.14 bits per heavy atom. The zero-order valence-corrected chi connectivity index (χ0v) is 13.7. The standard InChI is InChI=1S/C16H22N4O2/c1-6-19(15(21)22-16(3,4)5)14-11-20(18-12(14)2)13-8-7-9-17-10-13/h7-11H,6H2,1-5H3. The van der Waals surface area contributed by atoms with Gasteiger partial charge in [0.25, 0.3) is 0 Å². The van der Waals surface area contributed by atoms with Crippen LogP contribution in [0.2, 0.25) is 0 Å². The highest BCUT2D eigenvalue weighted by Crippen LogP contribution is 2.23. The average Bonchev–Trinajstić information content (AvgIpc) is 2.81. The van der Waals surface area contributed by atoms with Crippen molar-refractivity contribution in [2.75, 3.05) is 11.4 Å². The van der Waals surface area contributed by atoms with Gasteiger partial charge in [-0.05, 0) is 46.8 Å². The van der Waals surface area contributed by atoms with Gasteiger partial charge in [0.2, 0.25) is 0 Å². The van der Waals surface area contributed by atoms with Gasteiger partial charge in [-0.3, -0.25) is 9.88 Å². The van der Waals surface area contributed by atoms with Crippen LogP contribution >= 0.6 is 0 Å². The number of rotatable bonds is 3. The molecule has 0 bridgehead atoms. The molecule has 0 saturated heterocycles. The first kappa shape index (κ1) is 16.0. The Kier molecular flexibility index (Phi) is 4.49. The van der Waals surface area contributed by atoms with Gasteiger partial charge in [0.15, 0.2) is 0 Å². The lowest BCUT2D eigenvalue weighted by molar-refractivity contribution is 0.0582. The Hall–Kier alpha value is -2.37. The van der Waals surface area contributed by atoms with Gasteiger partial charge in [-0.25, -0.2) is 9.48 Å². The van der Waals surface area contributed by atoms with E-state index >= 15 is 0 Å². The number of ether oxygens (including phenoxy) is 1. The lowest BCUT2D eigenvalue weighted by atomic mass is 10.2. The summed E-state index contributed by atoms with van der Waals surface area (Å²) in [7, 11) is 0. The van der Waals surface area contributed by atoms with Crippen molar-refractivity contribution in [3.63, 3.8) is 0 Å². The van der Waals surface area contributed by atoms with E-state index < -0.39 is 5.60 Å². The number of aromatic nitrogens is 3. The summed E-state index contributed by atoms with van der Waals surface area (Å²) < 4.78 is 7.17. The van der Waals surface area contributed by atoms with E-state index in [1.807, 2.05) is 52.9 Å². The maximum atomic E-state index is 12.3. The highest BCUT2D eigenvalue weighted by molar-refractivity contribution is 5.88. The van der Waals surface area contributed by atoms with Crippen molar-refractivity contribution in [2.24, 2.45) is 0 Å². The molecule has 2 aromatic heterocycles. The third kappa shape index (κ3) is 3.63. The van der Waals surface area contributed by atoms with E-state index in [0.29, 0.717) is 6.54 Å². The van der Waals surface area contributed by atoms with Crippen LogP contribution in [0, 0.1) is 6.92 Å². The van der Waals surface area contributed by atoms with E-state index in [4.69, 9.17) is 4.74 Å². The second-order valence-corrected chi connectivity index (χ2v) is 5.98. The molecule has 0 radical (unpaired) electrons. The fourth-order valence-corrected chi connectivity index (χ4v) is 2.05. The van der Waals surface area contributed by atoms with Crippen molar-refractivity contribution < 1.29 is 9.53 Å². The molecule has 0 aliphatic carbocycles. The van der Waals surface area contributed by atoms with E-state index in [9.17, 15) is 4.79 Å². The largest absolute Gasteiger partial charge is 0.443 e. The molecule has 0 aromatic carbocycles. The molecule has 118 valence electrons.